The second-order valence-corrected chi connectivity index (χ2v) is 5.13. The van der Waals surface area contributed by atoms with Crippen LogP contribution in [0.15, 0.2) is 29.5 Å². The first-order valence-electron chi connectivity index (χ1n) is 7.08. The molecule has 2 rings (SSSR count). The lowest BCUT2D eigenvalue weighted by atomic mass is 10.1. The minimum Gasteiger partial charge on any atom is -0.370 e. The maximum absolute atomic E-state index is 13.0. The van der Waals surface area contributed by atoms with Gasteiger partial charge in [-0.1, -0.05) is 0 Å². The molecule has 0 bridgehead atoms. The van der Waals surface area contributed by atoms with E-state index in [2.05, 4.69) is 5.32 Å². The van der Waals surface area contributed by atoms with Crippen molar-refractivity contribution in [3.63, 3.8) is 0 Å². The van der Waals surface area contributed by atoms with Crippen molar-refractivity contribution in [2.45, 2.75) is 19.0 Å². The fraction of sp³-hybridized carbons (Fsp3) is 0.312. The molecule has 0 radical (unpaired) electrons. The van der Waals surface area contributed by atoms with Crippen LogP contribution in [0.3, 0.4) is 0 Å². The van der Waals surface area contributed by atoms with Crippen molar-refractivity contribution in [3.8, 4) is 18.2 Å². The van der Waals surface area contributed by atoms with Gasteiger partial charge in [0.05, 0.1) is 16.9 Å². The summed E-state index contributed by atoms with van der Waals surface area (Å²) >= 11 is 0. The third-order valence-electron chi connectivity index (χ3n) is 3.62. The SMILES string of the molecule is N#CC(C#N)=C(C#N)Nc1cc(C(F)(F)F)ccc1N1CCCC1. The van der Waals surface area contributed by atoms with Crippen LogP contribution in [0.1, 0.15) is 18.4 Å². The summed E-state index contributed by atoms with van der Waals surface area (Å²) in [6.45, 7) is 1.38. The quantitative estimate of drug-likeness (QED) is 0.856. The van der Waals surface area contributed by atoms with Crippen molar-refractivity contribution in [3.05, 3.63) is 35.0 Å². The van der Waals surface area contributed by atoms with E-state index in [1.54, 1.807) is 18.2 Å². The Morgan fingerprint density at radius 1 is 1.04 bits per heavy atom. The van der Waals surface area contributed by atoms with Gasteiger partial charge in [-0.2, -0.15) is 29.0 Å². The highest BCUT2D eigenvalue weighted by Gasteiger charge is 2.32. The molecule has 122 valence electrons. The maximum Gasteiger partial charge on any atom is 0.416 e. The molecule has 0 aromatic heterocycles. The minimum atomic E-state index is -4.54. The molecule has 1 aromatic rings. The van der Waals surface area contributed by atoms with Gasteiger partial charge in [0.2, 0.25) is 0 Å². The van der Waals surface area contributed by atoms with Crippen molar-refractivity contribution in [2.75, 3.05) is 23.3 Å². The van der Waals surface area contributed by atoms with Gasteiger partial charge in [0.1, 0.15) is 23.9 Å². The van der Waals surface area contributed by atoms with Crippen LogP contribution in [-0.2, 0) is 6.18 Å². The van der Waals surface area contributed by atoms with Crippen molar-refractivity contribution in [1.82, 2.24) is 0 Å². The van der Waals surface area contributed by atoms with E-state index in [0.717, 1.165) is 25.0 Å². The van der Waals surface area contributed by atoms with Gasteiger partial charge in [-0.15, -0.1) is 0 Å². The van der Waals surface area contributed by atoms with Crippen LogP contribution in [0.2, 0.25) is 0 Å². The predicted molar refractivity (Wildman–Crippen MR) is 80.4 cm³/mol. The number of halogens is 3. The summed E-state index contributed by atoms with van der Waals surface area (Å²) in [5, 5.41) is 29.3. The van der Waals surface area contributed by atoms with Crippen LogP contribution < -0.4 is 10.2 Å². The first-order chi connectivity index (χ1) is 11.4. The molecule has 8 heteroatoms. The molecule has 0 unspecified atom stereocenters. The standard InChI is InChI=1S/C16H12F3N5/c17-16(18,19)12-3-4-15(24-5-1-2-6-24)13(7-12)23-14(10-22)11(8-20)9-21/h3-4,7,23H,1-2,5-6H2. The Kier molecular flexibility index (Phi) is 4.96. The van der Waals surface area contributed by atoms with E-state index < -0.39 is 17.3 Å². The van der Waals surface area contributed by atoms with Crippen LogP contribution in [0, 0.1) is 34.0 Å². The number of anilines is 2. The second-order valence-electron chi connectivity index (χ2n) is 5.13. The average Bonchev–Trinajstić information content (AvgIpc) is 3.08. The smallest absolute Gasteiger partial charge is 0.370 e. The zero-order valence-electron chi connectivity index (χ0n) is 12.5. The topological polar surface area (TPSA) is 86.6 Å². The summed E-state index contributed by atoms with van der Waals surface area (Å²) < 4.78 is 38.9. The Morgan fingerprint density at radius 3 is 2.17 bits per heavy atom. The van der Waals surface area contributed by atoms with E-state index in [1.807, 2.05) is 4.90 Å². The molecule has 1 aromatic carbocycles. The molecular formula is C16H12F3N5. The van der Waals surface area contributed by atoms with Gasteiger partial charge in [0.25, 0.3) is 0 Å². The molecule has 0 atom stereocenters. The van der Waals surface area contributed by atoms with Gasteiger partial charge in [-0.25, -0.2) is 0 Å². The zero-order valence-corrected chi connectivity index (χ0v) is 12.5. The van der Waals surface area contributed by atoms with Crippen LogP contribution in [-0.4, -0.2) is 13.1 Å². The Balaban J connectivity index is 2.52. The third-order valence-corrected chi connectivity index (χ3v) is 3.62. The summed E-state index contributed by atoms with van der Waals surface area (Å²) in [6.07, 6.45) is -2.70. The molecular weight excluding hydrogens is 319 g/mol. The lowest BCUT2D eigenvalue weighted by Gasteiger charge is -2.23. The molecule has 1 heterocycles. The van der Waals surface area contributed by atoms with E-state index >= 15 is 0 Å². The summed E-state index contributed by atoms with van der Waals surface area (Å²) in [5.74, 6) is 0. The van der Waals surface area contributed by atoms with E-state index in [1.165, 1.54) is 6.07 Å². The molecule has 1 saturated heterocycles. The molecule has 24 heavy (non-hydrogen) atoms. The fourth-order valence-electron chi connectivity index (χ4n) is 2.46. The number of nitriles is 3. The summed E-state index contributed by atoms with van der Waals surface area (Å²) in [4.78, 5) is 1.90. The molecule has 5 nitrogen and oxygen atoms in total. The van der Waals surface area contributed by atoms with Crippen LogP contribution in [0.4, 0.5) is 24.5 Å². The predicted octanol–water partition coefficient (Wildman–Crippen LogP) is 3.54. The van der Waals surface area contributed by atoms with E-state index in [9.17, 15) is 13.2 Å². The molecule has 1 aliphatic heterocycles. The van der Waals surface area contributed by atoms with Gasteiger partial charge < -0.3 is 10.2 Å². The fourth-order valence-corrected chi connectivity index (χ4v) is 2.46. The van der Waals surface area contributed by atoms with E-state index in [-0.39, 0.29) is 11.4 Å². The van der Waals surface area contributed by atoms with Gasteiger partial charge in [0.15, 0.2) is 5.57 Å². The zero-order chi connectivity index (χ0) is 17.7. The lowest BCUT2D eigenvalue weighted by Crippen LogP contribution is -2.20. The number of hydrogen-bond donors (Lipinski definition) is 1. The second kappa shape index (κ2) is 6.93. The Bertz CT molecular complexity index is 768. The number of alkyl halides is 3. The number of allylic oxidation sites excluding steroid dienone is 2. The molecule has 0 amide bonds. The number of rotatable bonds is 3. The van der Waals surface area contributed by atoms with Gasteiger partial charge in [0, 0.05) is 13.1 Å². The first-order valence-corrected chi connectivity index (χ1v) is 7.08. The van der Waals surface area contributed by atoms with Gasteiger partial charge in [-0.05, 0) is 31.0 Å². The van der Waals surface area contributed by atoms with Crippen molar-refractivity contribution >= 4 is 11.4 Å². The average molecular weight is 331 g/mol. The number of nitrogens with one attached hydrogen (secondary N) is 1. The normalized spacial score (nSPS) is 13.6. The Morgan fingerprint density at radius 2 is 1.67 bits per heavy atom. The van der Waals surface area contributed by atoms with Crippen molar-refractivity contribution in [2.24, 2.45) is 0 Å². The molecule has 0 saturated carbocycles. The number of hydrogen-bond acceptors (Lipinski definition) is 5. The molecule has 0 aliphatic carbocycles. The monoisotopic (exact) mass is 331 g/mol. The third kappa shape index (κ3) is 3.59. The van der Waals surface area contributed by atoms with Crippen LogP contribution in [0.5, 0.6) is 0 Å². The molecule has 0 spiro atoms. The van der Waals surface area contributed by atoms with Gasteiger partial charge >= 0.3 is 6.18 Å². The maximum atomic E-state index is 13.0. The van der Waals surface area contributed by atoms with Crippen molar-refractivity contribution < 1.29 is 13.2 Å². The summed E-state index contributed by atoms with van der Waals surface area (Å²) in [6, 6.07) is 7.96. The van der Waals surface area contributed by atoms with E-state index in [0.29, 0.717) is 18.8 Å². The highest BCUT2D eigenvalue weighted by molar-refractivity contribution is 5.75. The van der Waals surface area contributed by atoms with Crippen LogP contribution >= 0.6 is 0 Å². The molecule has 1 aliphatic rings. The lowest BCUT2D eigenvalue weighted by molar-refractivity contribution is -0.137. The van der Waals surface area contributed by atoms with Crippen LogP contribution in [0.25, 0.3) is 0 Å². The highest BCUT2D eigenvalue weighted by Crippen LogP contribution is 2.37. The minimum absolute atomic E-state index is 0.0475. The summed E-state index contributed by atoms with van der Waals surface area (Å²) in [5.41, 5.74) is -1.18. The van der Waals surface area contributed by atoms with Crippen molar-refractivity contribution in [1.29, 1.82) is 15.8 Å². The number of nitrogens with zero attached hydrogens (tertiary/aromatic N) is 4. The molecule has 1 fully saturated rings. The summed E-state index contributed by atoms with van der Waals surface area (Å²) in [7, 11) is 0. The molecule has 1 N–H and O–H groups in total. The van der Waals surface area contributed by atoms with E-state index in [4.69, 9.17) is 15.8 Å². The Hall–Kier alpha value is -3.18. The first kappa shape index (κ1) is 17.2. The largest absolute Gasteiger partial charge is 0.416 e. The Labute approximate surface area is 136 Å². The van der Waals surface area contributed by atoms with Gasteiger partial charge in [-0.3, -0.25) is 0 Å². The highest BCUT2D eigenvalue weighted by atomic mass is 19.4. The number of benzene rings is 1.